The molecule has 0 spiro atoms. The molecule has 2 nitrogen and oxygen atoms in total. The molecule has 1 unspecified atom stereocenters. The molecular formula is C24H50NO+. The van der Waals surface area contributed by atoms with Crippen LogP contribution in [0, 0.1) is 0 Å². The van der Waals surface area contributed by atoms with Gasteiger partial charge < -0.3 is 9.22 Å². The minimum atomic E-state index is 0.464. The second kappa shape index (κ2) is 15.9. The molecule has 1 rings (SSSR count). The Morgan fingerprint density at radius 2 is 1.08 bits per heavy atom. The van der Waals surface area contributed by atoms with Gasteiger partial charge in [-0.2, -0.15) is 0 Å². The number of rotatable bonds is 18. The van der Waals surface area contributed by atoms with Gasteiger partial charge in [-0.3, -0.25) is 0 Å². The van der Waals surface area contributed by atoms with Gasteiger partial charge in [0.1, 0.15) is 0 Å². The van der Waals surface area contributed by atoms with Crippen LogP contribution in [0.3, 0.4) is 0 Å². The van der Waals surface area contributed by atoms with Crippen LogP contribution in [0.5, 0.6) is 0 Å². The van der Waals surface area contributed by atoms with Crippen molar-refractivity contribution >= 4 is 0 Å². The van der Waals surface area contributed by atoms with Crippen molar-refractivity contribution in [1.29, 1.82) is 0 Å². The Labute approximate surface area is 165 Å². The average Bonchev–Trinajstić information content (AvgIpc) is 3.17. The summed E-state index contributed by atoms with van der Waals surface area (Å²) in [4.78, 5) is 0. The van der Waals surface area contributed by atoms with Gasteiger partial charge >= 0.3 is 0 Å². The molecular weight excluding hydrogens is 318 g/mol. The lowest BCUT2D eigenvalue weighted by molar-refractivity contribution is -0.935. The molecule has 156 valence electrons. The topological polar surface area (TPSA) is 9.23 Å². The van der Waals surface area contributed by atoms with Crippen LogP contribution < -0.4 is 0 Å². The minimum Gasteiger partial charge on any atom is -0.329 e. The number of hydrogen-bond donors (Lipinski definition) is 0. The Morgan fingerprint density at radius 3 is 1.46 bits per heavy atom. The van der Waals surface area contributed by atoms with E-state index in [1.54, 1.807) is 0 Å². The Bertz CT molecular complexity index is 297. The third-order valence-electron chi connectivity index (χ3n) is 6.27. The van der Waals surface area contributed by atoms with Crippen LogP contribution in [0.2, 0.25) is 0 Å². The van der Waals surface area contributed by atoms with E-state index >= 15 is 0 Å². The number of nitrogens with zero attached hydrogens (tertiary/aromatic N) is 1. The lowest BCUT2D eigenvalue weighted by atomic mass is 10.0. The van der Waals surface area contributed by atoms with Crippen molar-refractivity contribution in [3.05, 3.63) is 0 Å². The van der Waals surface area contributed by atoms with Gasteiger partial charge in [0.05, 0.1) is 27.2 Å². The van der Waals surface area contributed by atoms with E-state index in [1.165, 1.54) is 122 Å². The van der Waals surface area contributed by atoms with E-state index in [-0.39, 0.29) is 0 Å². The lowest BCUT2D eigenvalue weighted by Crippen LogP contribution is -2.49. The molecule has 0 aromatic heterocycles. The molecule has 1 atom stereocenters. The summed E-state index contributed by atoms with van der Waals surface area (Å²) in [5.74, 6) is 0. The number of ether oxygens (including phenoxy) is 1. The smallest absolute Gasteiger partial charge is 0.192 e. The van der Waals surface area contributed by atoms with Crippen LogP contribution in [0.25, 0.3) is 0 Å². The Hall–Kier alpha value is -0.0800. The Balaban J connectivity index is 1.75. The van der Waals surface area contributed by atoms with E-state index in [0.717, 1.165) is 11.1 Å². The highest BCUT2D eigenvalue weighted by atomic mass is 16.5. The van der Waals surface area contributed by atoms with Gasteiger partial charge in [-0.15, -0.1) is 0 Å². The largest absolute Gasteiger partial charge is 0.329 e. The molecule has 0 aromatic rings. The minimum absolute atomic E-state index is 0.464. The maximum Gasteiger partial charge on any atom is 0.192 e. The van der Waals surface area contributed by atoms with Crippen LogP contribution >= 0.6 is 0 Å². The normalized spacial score (nSPS) is 17.9. The molecule has 0 aliphatic carbocycles. The summed E-state index contributed by atoms with van der Waals surface area (Å²) in [6.45, 7) is 4.56. The highest BCUT2D eigenvalue weighted by molar-refractivity contribution is 4.56. The maximum atomic E-state index is 5.87. The third kappa shape index (κ3) is 12.3. The van der Waals surface area contributed by atoms with Crippen molar-refractivity contribution in [2.45, 2.75) is 129 Å². The summed E-state index contributed by atoms with van der Waals surface area (Å²) in [6.07, 6.45) is 26.1. The molecule has 1 heterocycles. The zero-order valence-electron chi connectivity index (χ0n) is 18.6. The second-order valence-corrected chi connectivity index (χ2v) is 9.27. The molecule has 0 bridgehead atoms. The van der Waals surface area contributed by atoms with Crippen molar-refractivity contribution in [2.24, 2.45) is 0 Å². The number of hydrogen-bond acceptors (Lipinski definition) is 1. The van der Waals surface area contributed by atoms with Gasteiger partial charge in [0.15, 0.2) is 6.23 Å². The van der Waals surface area contributed by atoms with Crippen molar-refractivity contribution in [3.63, 3.8) is 0 Å². The van der Waals surface area contributed by atoms with E-state index in [0.29, 0.717) is 6.23 Å². The molecule has 26 heavy (non-hydrogen) atoms. The van der Waals surface area contributed by atoms with Gasteiger partial charge in [-0.25, -0.2) is 0 Å². The van der Waals surface area contributed by atoms with Gasteiger partial charge in [-0.1, -0.05) is 96.8 Å². The predicted octanol–water partition coefficient (Wildman–Crippen LogP) is 7.46. The summed E-state index contributed by atoms with van der Waals surface area (Å²) < 4.78 is 6.94. The summed E-state index contributed by atoms with van der Waals surface area (Å²) in [7, 11) is 4.70. The predicted molar refractivity (Wildman–Crippen MR) is 115 cm³/mol. The van der Waals surface area contributed by atoms with E-state index in [1.807, 2.05) is 0 Å². The van der Waals surface area contributed by atoms with Gasteiger partial charge in [-0.05, 0) is 19.3 Å². The highest BCUT2D eigenvalue weighted by Crippen LogP contribution is 2.21. The standard InChI is InChI=1S/C24H50NO/c1-4-5-6-7-8-9-10-11-12-13-14-15-16-17-18-19-22-25(2,3)24-21-20-23-26-24/h24H,4-23H2,1-3H3/q+1. The first-order valence-electron chi connectivity index (χ1n) is 12.1. The Morgan fingerprint density at radius 1 is 0.654 bits per heavy atom. The molecule has 1 saturated heterocycles. The fourth-order valence-corrected chi connectivity index (χ4v) is 4.32. The molecule has 0 N–H and O–H groups in total. The summed E-state index contributed by atoms with van der Waals surface area (Å²) in [6, 6.07) is 0. The average molecular weight is 369 g/mol. The zero-order valence-corrected chi connectivity index (χ0v) is 18.6. The summed E-state index contributed by atoms with van der Waals surface area (Å²) in [5, 5.41) is 0. The van der Waals surface area contributed by atoms with E-state index < -0.39 is 0 Å². The summed E-state index contributed by atoms with van der Waals surface area (Å²) in [5.41, 5.74) is 0. The molecule has 1 aliphatic heterocycles. The molecule has 0 saturated carbocycles. The second-order valence-electron chi connectivity index (χ2n) is 9.27. The van der Waals surface area contributed by atoms with Crippen LogP contribution in [0.1, 0.15) is 122 Å². The highest BCUT2D eigenvalue weighted by Gasteiger charge is 2.31. The van der Waals surface area contributed by atoms with Gasteiger partial charge in [0.2, 0.25) is 0 Å². The Kier molecular flexibility index (Phi) is 14.7. The number of unbranched alkanes of at least 4 members (excludes halogenated alkanes) is 15. The van der Waals surface area contributed by atoms with Crippen LogP contribution in [0.15, 0.2) is 0 Å². The number of quaternary nitrogens is 1. The molecule has 1 aliphatic rings. The molecule has 1 fully saturated rings. The maximum absolute atomic E-state index is 5.87. The van der Waals surface area contributed by atoms with Crippen molar-refractivity contribution < 1.29 is 9.22 Å². The van der Waals surface area contributed by atoms with Crippen LogP contribution in [-0.4, -0.2) is 38.0 Å². The zero-order chi connectivity index (χ0) is 18.9. The van der Waals surface area contributed by atoms with E-state index in [2.05, 4.69) is 21.0 Å². The first-order valence-corrected chi connectivity index (χ1v) is 12.1. The first-order chi connectivity index (χ1) is 12.7. The van der Waals surface area contributed by atoms with Crippen LogP contribution in [-0.2, 0) is 4.74 Å². The van der Waals surface area contributed by atoms with Crippen molar-refractivity contribution in [1.82, 2.24) is 0 Å². The van der Waals surface area contributed by atoms with Gasteiger partial charge in [0, 0.05) is 6.42 Å². The van der Waals surface area contributed by atoms with Crippen LogP contribution in [0.4, 0.5) is 0 Å². The van der Waals surface area contributed by atoms with Gasteiger partial charge in [0.25, 0.3) is 0 Å². The molecule has 2 heteroatoms. The fraction of sp³-hybridized carbons (Fsp3) is 1.00. The molecule has 0 aromatic carbocycles. The molecule has 0 amide bonds. The lowest BCUT2D eigenvalue weighted by Gasteiger charge is -2.35. The summed E-state index contributed by atoms with van der Waals surface area (Å²) >= 11 is 0. The van der Waals surface area contributed by atoms with E-state index in [9.17, 15) is 0 Å². The monoisotopic (exact) mass is 368 g/mol. The first kappa shape index (κ1) is 24.0. The van der Waals surface area contributed by atoms with Crippen molar-refractivity contribution in [3.8, 4) is 0 Å². The SMILES string of the molecule is CCCCCCCCCCCCCCCCCC[N+](C)(C)C1CCCO1. The third-order valence-corrected chi connectivity index (χ3v) is 6.27. The van der Waals surface area contributed by atoms with Crippen molar-refractivity contribution in [2.75, 3.05) is 27.2 Å². The molecule has 0 radical (unpaired) electrons. The fourth-order valence-electron chi connectivity index (χ4n) is 4.32. The quantitative estimate of drug-likeness (QED) is 0.180. The van der Waals surface area contributed by atoms with E-state index in [4.69, 9.17) is 4.74 Å².